The highest BCUT2D eigenvalue weighted by atomic mass is 32.1. The average Bonchev–Trinajstić information content (AvgIpc) is 2.99. The minimum Gasteiger partial charge on any atom is -0.323 e. The van der Waals surface area contributed by atoms with Gasteiger partial charge in [0.25, 0.3) is 5.91 Å². The Balaban J connectivity index is 2.14. The summed E-state index contributed by atoms with van der Waals surface area (Å²) in [4.78, 5) is 43.3. The number of thiazole rings is 1. The van der Waals surface area contributed by atoms with Crippen molar-refractivity contribution in [2.45, 2.75) is 52.6 Å². The lowest BCUT2D eigenvalue weighted by molar-refractivity contribution is -0.131. The van der Waals surface area contributed by atoms with E-state index in [9.17, 15) is 14.4 Å². The molecule has 1 unspecified atom stereocenters. The summed E-state index contributed by atoms with van der Waals surface area (Å²) in [6.07, 6.45) is 1.41. The SMILES string of the molecule is CCCC1(C)NC(=O)N(Cc2csc(N(CC)C(C)=O)n2)C1=O. The number of nitrogens with zero attached hydrogens (tertiary/aromatic N) is 3. The van der Waals surface area contributed by atoms with Gasteiger partial charge in [0.2, 0.25) is 5.91 Å². The van der Waals surface area contributed by atoms with Crippen LogP contribution in [0.25, 0.3) is 0 Å². The van der Waals surface area contributed by atoms with Crippen LogP contribution in [-0.4, -0.2) is 39.8 Å². The Kier molecular flexibility index (Phi) is 5.03. The predicted octanol–water partition coefficient (Wildman–Crippen LogP) is 2.13. The fourth-order valence-electron chi connectivity index (χ4n) is 2.71. The van der Waals surface area contributed by atoms with Gasteiger partial charge in [-0.1, -0.05) is 13.3 Å². The summed E-state index contributed by atoms with van der Waals surface area (Å²) in [5.74, 6) is -0.309. The molecule has 0 radical (unpaired) electrons. The zero-order chi connectivity index (χ0) is 17.2. The summed E-state index contributed by atoms with van der Waals surface area (Å²) in [6.45, 7) is 7.73. The van der Waals surface area contributed by atoms with E-state index >= 15 is 0 Å². The molecule has 2 rings (SSSR count). The van der Waals surface area contributed by atoms with Crippen LogP contribution in [0, 0.1) is 0 Å². The zero-order valence-electron chi connectivity index (χ0n) is 13.9. The van der Waals surface area contributed by atoms with Gasteiger partial charge >= 0.3 is 6.03 Å². The number of nitrogens with one attached hydrogen (secondary N) is 1. The molecule has 1 atom stereocenters. The molecule has 1 aromatic heterocycles. The number of carbonyl (C=O) groups excluding carboxylic acids is 3. The van der Waals surface area contributed by atoms with Gasteiger partial charge in [0.1, 0.15) is 5.54 Å². The number of imide groups is 1. The number of aromatic nitrogens is 1. The first-order chi connectivity index (χ1) is 10.8. The highest BCUT2D eigenvalue weighted by Crippen LogP contribution is 2.26. The molecule has 8 heteroatoms. The number of urea groups is 1. The van der Waals surface area contributed by atoms with E-state index in [1.807, 2.05) is 13.8 Å². The minimum atomic E-state index is -0.834. The molecule has 1 aromatic rings. The van der Waals surface area contributed by atoms with Crippen LogP contribution in [-0.2, 0) is 16.1 Å². The maximum Gasteiger partial charge on any atom is 0.325 e. The molecule has 0 saturated carbocycles. The molecule has 0 spiro atoms. The minimum absolute atomic E-state index is 0.0843. The molecule has 1 N–H and O–H groups in total. The van der Waals surface area contributed by atoms with E-state index in [0.29, 0.717) is 23.8 Å². The summed E-state index contributed by atoms with van der Waals surface area (Å²) in [5.41, 5.74) is -0.228. The van der Waals surface area contributed by atoms with Gasteiger partial charge in [-0.05, 0) is 20.3 Å². The van der Waals surface area contributed by atoms with E-state index in [2.05, 4.69) is 10.3 Å². The van der Waals surface area contributed by atoms with Crippen LogP contribution in [0.5, 0.6) is 0 Å². The van der Waals surface area contributed by atoms with Gasteiger partial charge in [-0.25, -0.2) is 9.78 Å². The number of hydrogen-bond donors (Lipinski definition) is 1. The van der Waals surface area contributed by atoms with Crippen molar-refractivity contribution >= 4 is 34.3 Å². The van der Waals surface area contributed by atoms with Gasteiger partial charge in [0.15, 0.2) is 5.13 Å². The van der Waals surface area contributed by atoms with Gasteiger partial charge < -0.3 is 5.32 Å². The molecule has 1 saturated heterocycles. The predicted molar refractivity (Wildman–Crippen MR) is 88.2 cm³/mol. The Morgan fingerprint density at radius 1 is 1.43 bits per heavy atom. The Morgan fingerprint density at radius 3 is 2.70 bits per heavy atom. The molecule has 4 amide bonds. The molecule has 126 valence electrons. The number of anilines is 1. The second-order valence-corrected chi connectivity index (χ2v) is 6.62. The standard InChI is InChI=1S/C15H22N4O3S/c1-5-7-15(4)12(21)19(13(22)17-15)8-11-9-23-14(16-11)18(6-2)10(3)20/h9H,5-8H2,1-4H3,(H,17,22). The highest BCUT2D eigenvalue weighted by Gasteiger charge is 2.47. The van der Waals surface area contributed by atoms with E-state index in [4.69, 9.17) is 0 Å². The first-order valence-corrected chi connectivity index (χ1v) is 8.57. The van der Waals surface area contributed by atoms with Crippen LogP contribution >= 0.6 is 11.3 Å². The van der Waals surface area contributed by atoms with Crippen molar-refractivity contribution in [1.82, 2.24) is 15.2 Å². The second-order valence-electron chi connectivity index (χ2n) is 5.79. The number of hydrogen-bond acceptors (Lipinski definition) is 5. The third kappa shape index (κ3) is 3.36. The number of carbonyl (C=O) groups is 3. The van der Waals surface area contributed by atoms with Gasteiger partial charge in [0.05, 0.1) is 12.2 Å². The maximum absolute atomic E-state index is 12.5. The first kappa shape index (κ1) is 17.4. The first-order valence-electron chi connectivity index (χ1n) is 7.69. The van der Waals surface area contributed by atoms with E-state index in [1.165, 1.54) is 23.2 Å². The Labute approximate surface area is 139 Å². The summed E-state index contributed by atoms with van der Waals surface area (Å²) in [7, 11) is 0. The summed E-state index contributed by atoms with van der Waals surface area (Å²) < 4.78 is 0. The molecule has 23 heavy (non-hydrogen) atoms. The van der Waals surface area contributed by atoms with E-state index in [-0.39, 0.29) is 24.4 Å². The Morgan fingerprint density at radius 2 is 2.13 bits per heavy atom. The quantitative estimate of drug-likeness (QED) is 0.806. The monoisotopic (exact) mass is 338 g/mol. The molecule has 1 aliphatic heterocycles. The van der Waals surface area contributed by atoms with Crippen molar-refractivity contribution in [3.05, 3.63) is 11.1 Å². The van der Waals surface area contributed by atoms with E-state index in [0.717, 1.165) is 6.42 Å². The summed E-state index contributed by atoms with van der Waals surface area (Å²) in [6, 6.07) is -0.389. The van der Waals surface area contributed by atoms with Crippen LogP contribution in [0.1, 0.15) is 46.2 Å². The Hall–Kier alpha value is -1.96. The largest absolute Gasteiger partial charge is 0.325 e. The molecule has 0 aromatic carbocycles. The third-order valence-electron chi connectivity index (χ3n) is 3.88. The summed E-state index contributed by atoms with van der Waals surface area (Å²) >= 11 is 1.33. The Bertz CT molecular complexity index is 630. The molecule has 0 aliphatic carbocycles. The number of amides is 4. The molecular formula is C15H22N4O3S. The normalized spacial score (nSPS) is 20.8. The van der Waals surface area contributed by atoms with Crippen molar-refractivity contribution in [3.63, 3.8) is 0 Å². The molecule has 2 heterocycles. The maximum atomic E-state index is 12.5. The van der Waals surface area contributed by atoms with Crippen molar-refractivity contribution in [3.8, 4) is 0 Å². The van der Waals surface area contributed by atoms with Crippen LogP contribution in [0.3, 0.4) is 0 Å². The topological polar surface area (TPSA) is 82.6 Å². The highest BCUT2D eigenvalue weighted by molar-refractivity contribution is 7.14. The van der Waals surface area contributed by atoms with Crippen LogP contribution < -0.4 is 10.2 Å². The van der Waals surface area contributed by atoms with Crippen molar-refractivity contribution in [2.24, 2.45) is 0 Å². The van der Waals surface area contributed by atoms with E-state index < -0.39 is 5.54 Å². The fraction of sp³-hybridized carbons (Fsp3) is 0.600. The van der Waals surface area contributed by atoms with Gasteiger partial charge in [0, 0.05) is 18.8 Å². The summed E-state index contributed by atoms with van der Waals surface area (Å²) in [5, 5.41) is 5.12. The molecule has 1 aliphatic rings. The molecular weight excluding hydrogens is 316 g/mol. The zero-order valence-corrected chi connectivity index (χ0v) is 14.7. The van der Waals surface area contributed by atoms with Crippen LogP contribution in [0.4, 0.5) is 9.93 Å². The van der Waals surface area contributed by atoms with Crippen LogP contribution in [0.15, 0.2) is 5.38 Å². The molecule has 7 nitrogen and oxygen atoms in total. The van der Waals surface area contributed by atoms with E-state index in [1.54, 1.807) is 17.2 Å². The lowest BCUT2D eigenvalue weighted by Gasteiger charge is -2.20. The van der Waals surface area contributed by atoms with Gasteiger partial charge in [-0.2, -0.15) is 0 Å². The average molecular weight is 338 g/mol. The van der Waals surface area contributed by atoms with Crippen molar-refractivity contribution in [2.75, 3.05) is 11.4 Å². The molecule has 1 fully saturated rings. The second kappa shape index (κ2) is 6.66. The lowest BCUT2D eigenvalue weighted by Crippen LogP contribution is -2.43. The third-order valence-corrected chi connectivity index (χ3v) is 4.79. The fourth-order valence-corrected chi connectivity index (χ4v) is 3.63. The van der Waals surface area contributed by atoms with Gasteiger partial charge in [-0.3, -0.25) is 19.4 Å². The van der Waals surface area contributed by atoms with Crippen molar-refractivity contribution < 1.29 is 14.4 Å². The van der Waals surface area contributed by atoms with Crippen LogP contribution in [0.2, 0.25) is 0 Å². The van der Waals surface area contributed by atoms with Gasteiger partial charge in [-0.15, -0.1) is 11.3 Å². The molecule has 0 bridgehead atoms. The lowest BCUT2D eigenvalue weighted by atomic mass is 9.96. The smallest absolute Gasteiger partial charge is 0.323 e. The number of rotatable bonds is 6. The van der Waals surface area contributed by atoms with Crippen molar-refractivity contribution in [1.29, 1.82) is 0 Å².